The molecule has 2 saturated carbocycles. The van der Waals surface area contributed by atoms with E-state index in [0.29, 0.717) is 11.8 Å². The summed E-state index contributed by atoms with van der Waals surface area (Å²) in [7, 11) is 1.76. The summed E-state index contributed by atoms with van der Waals surface area (Å²) in [5.41, 5.74) is -0.565. The van der Waals surface area contributed by atoms with E-state index in [0.717, 1.165) is 19.3 Å². The number of carboxylic acids is 1. The molecule has 2 aliphatic rings. The van der Waals surface area contributed by atoms with E-state index in [1.54, 1.807) is 7.05 Å². The van der Waals surface area contributed by atoms with Crippen molar-refractivity contribution in [1.82, 2.24) is 5.32 Å². The Balaban J connectivity index is 2.22. The van der Waals surface area contributed by atoms with E-state index in [1.807, 2.05) is 0 Å². The lowest BCUT2D eigenvalue weighted by Gasteiger charge is -2.25. The van der Waals surface area contributed by atoms with E-state index in [9.17, 15) is 4.79 Å². The highest BCUT2D eigenvalue weighted by atomic mass is 16.4. The molecule has 2 fully saturated rings. The first-order valence-electron chi connectivity index (χ1n) is 4.13. The molecule has 0 aromatic rings. The summed E-state index contributed by atoms with van der Waals surface area (Å²) in [6, 6.07) is 0. The topological polar surface area (TPSA) is 49.3 Å². The molecule has 0 radical (unpaired) electrons. The van der Waals surface area contributed by atoms with E-state index < -0.39 is 11.5 Å². The molecule has 0 spiro atoms. The first-order chi connectivity index (χ1) is 5.20. The van der Waals surface area contributed by atoms with Crippen LogP contribution in [0, 0.1) is 11.8 Å². The van der Waals surface area contributed by atoms with E-state index in [2.05, 4.69) is 5.32 Å². The highest BCUT2D eigenvalue weighted by Crippen LogP contribution is 2.57. The maximum Gasteiger partial charge on any atom is 0.324 e. The van der Waals surface area contributed by atoms with Gasteiger partial charge in [-0.15, -0.1) is 0 Å². The first kappa shape index (κ1) is 7.10. The van der Waals surface area contributed by atoms with Crippen molar-refractivity contribution in [3.8, 4) is 0 Å². The van der Waals surface area contributed by atoms with Crippen molar-refractivity contribution in [1.29, 1.82) is 0 Å². The summed E-state index contributed by atoms with van der Waals surface area (Å²) in [5.74, 6) is 0.466. The predicted octanol–water partition coefficient (Wildman–Crippen LogP) is 0.459. The molecular formula is C8H13NO2. The van der Waals surface area contributed by atoms with Gasteiger partial charge in [0.25, 0.3) is 0 Å². The highest BCUT2D eigenvalue weighted by Gasteiger charge is 2.61. The molecule has 0 bridgehead atoms. The number of rotatable bonds is 2. The summed E-state index contributed by atoms with van der Waals surface area (Å²) in [4.78, 5) is 10.9. The molecule has 3 unspecified atom stereocenters. The average molecular weight is 155 g/mol. The molecular weight excluding hydrogens is 142 g/mol. The molecule has 0 aliphatic heterocycles. The predicted molar refractivity (Wildman–Crippen MR) is 40.3 cm³/mol. The highest BCUT2D eigenvalue weighted by molar-refractivity contribution is 5.80. The quantitative estimate of drug-likeness (QED) is 0.609. The molecule has 0 aromatic carbocycles. The van der Waals surface area contributed by atoms with E-state index in [-0.39, 0.29) is 0 Å². The van der Waals surface area contributed by atoms with Crippen LogP contribution in [0.5, 0.6) is 0 Å². The normalized spacial score (nSPS) is 47.0. The Bertz CT molecular complexity index is 204. The van der Waals surface area contributed by atoms with Crippen LogP contribution in [-0.4, -0.2) is 23.7 Å². The molecule has 0 aromatic heterocycles. The molecule has 2 rings (SSSR count). The third-order valence-electron chi connectivity index (χ3n) is 3.29. The summed E-state index contributed by atoms with van der Waals surface area (Å²) in [6.07, 6.45) is 3.03. The molecule has 2 aliphatic carbocycles. The van der Waals surface area contributed by atoms with Crippen molar-refractivity contribution in [2.24, 2.45) is 11.8 Å². The summed E-state index contributed by atoms with van der Waals surface area (Å²) < 4.78 is 0. The number of fused-ring (bicyclic) bond motifs is 1. The molecule has 2 N–H and O–H groups in total. The van der Waals surface area contributed by atoms with Crippen molar-refractivity contribution in [3.05, 3.63) is 0 Å². The van der Waals surface area contributed by atoms with Gasteiger partial charge in [0, 0.05) is 0 Å². The SMILES string of the molecule is CNC1(C(=O)O)CCC2CC21. The Hall–Kier alpha value is -0.570. The molecule has 0 saturated heterocycles. The zero-order chi connectivity index (χ0) is 8.06. The number of likely N-dealkylation sites (N-methyl/N-ethyl adjacent to an activating group) is 1. The summed E-state index contributed by atoms with van der Waals surface area (Å²) >= 11 is 0. The van der Waals surface area contributed by atoms with Crippen molar-refractivity contribution >= 4 is 5.97 Å². The van der Waals surface area contributed by atoms with Crippen molar-refractivity contribution < 1.29 is 9.90 Å². The molecule has 0 heterocycles. The van der Waals surface area contributed by atoms with Crippen LogP contribution in [0.25, 0.3) is 0 Å². The number of aliphatic carboxylic acids is 1. The Morgan fingerprint density at radius 3 is 2.64 bits per heavy atom. The zero-order valence-electron chi connectivity index (χ0n) is 6.63. The minimum Gasteiger partial charge on any atom is -0.480 e. The summed E-state index contributed by atoms with van der Waals surface area (Å²) in [5, 5.41) is 12.0. The number of hydrogen-bond donors (Lipinski definition) is 2. The van der Waals surface area contributed by atoms with Gasteiger partial charge in [-0.3, -0.25) is 4.79 Å². The van der Waals surface area contributed by atoms with Gasteiger partial charge in [0.1, 0.15) is 5.54 Å². The van der Waals surface area contributed by atoms with Gasteiger partial charge in [0.05, 0.1) is 0 Å². The number of carbonyl (C=O) groups is 1. The van der Waals surface area contributed by atoms with Crippen molar-refractivity contribution in [2.45, 2.75) is 24.8 Å². The molecule has 3 heteroatoms. The largest absolute Gasteiger partial charge is 0.480 e. The van der Waals surface area contributed by atoms with Gasteiger partial charge in [0.2, 0.25) is 0 Å². The second-order valence-electron chi connectivity index (χ2n) is 3.67. The fourth-order valence-corrected chi connectivity index (χ4v) is 2.45. The number of carboxylic acid groups (broad SMARTS) is 1. The fraction of sp³-hybridized carbons (Fsp3) is 0.875. The van der Waals surface area contributed by atoms with Crippen molar-refractivity contribution in [2.75, 3.05) is 7.05 Å². The van der Waals surface area contributed by atoms with Crippen LogP contribution >= 0.6 is 0 Å². The lowest BCUT2D eigenvalue weighted by molar-refractivity contribution is -0.145. The van der Waals surface area contributed by atoms with Gasteiger partial charge in [-0.05, 0) is 38.1 Å². The van der Waals surface area contributed by atoms with E-state index >= 15 is 0 Å². The maximum absolute atomic E-state index is 10.9. The standard InChI is InChI=1S/C8H13NO2/c1-9-8(7(10)11)3-2-5-4-6(5)8/h5-6,9H,2-4H2,1H3,(H,10,11). The van der Waals surface area contributed by atoms with Crippen LogP contribution in [0.2, 0.25) is 0 Å². The molecule has 11 heavy (non-hydrogen) atoms. The smallest absolute Gasteiger partial charge is 0.324 e. The summed E-state index contributed by atoms with van der Waals surface area (Å²) in [6.45, 7) is 0. The molecule has 0 amide bonds. The molecule has 3 nitrogen and oxygen atoms in total. The number of hydrogen-bond acceptors (Lipinski definition) is 2. The lowest BCUT2D eigenvalue weighted by Crippen LogP contribution is -2.50. The van der Waals surface area contributed by atoms with Gasteiger partial charge in [0.15, 0.2) is 0 Å². The van der Waals surface area contributed by atoms with Gasteiger partial charge in [-0.25, -0.2) is 0 Å². The maximum atomic E-state index is 10.9. The van der Waals surface area contributed by atoms with Crippen LogP contribution in [0.3, 0.4) is 0 Å². The Labute approximate surface area is 65.8 Å². The number of nitrogens with one attached hydrogen (secondary N) is 1. The van der Waals surface area contributed by atoms with E-state index in [1.165, 1.54) is 0 Å². The Morgan fingerprint density at radius 2 is 2.45 bits per heavy atom. The second-order valence-corrected chi connectivity index (χ2v) is 3.67. The average Bonchev–Trinajstić information content (AvgIpc) is 2.66. The van der Waals surface area contributed by atoms with Crippen molar-refractivity contribution in [3.63, 3.8) is 0 Å². The first-order valence-corrected chi connectivity index (χ1v) is 4.13. The third-order valence-corrected chi connectivity index (χ3v) is 3.29. The van der Waals surface area contributed by atoms with Crippen LogP contribution in [0.1, 0.15) is 19.3 Å². The second kappa shape index (κ2) is 1.97. The van der Waals surface area contributed by atoms with Gasteiger partial charge in [-0.1, -0.05) is 0 Å². The lowest BCUT2D eigenvalue weighted by atomic mass is 9.93. The van der Waals surface area contributed by atoms with Crippen LogP contribution in [-0.2, 0) is 4.79 Å². The zero-order valence-corrected chi connectivity index (χ0v) is 6.63. The van der Waals surface area contributed by atoms with Crippen LogP contribution in [0.15, 0.2) is 0 Å². The van der Waals surface area contributed by atoms with Gasteiger partial charge >= 0.3 is 5.97 Å². The third kappa shape index (κ3) is 0.745. The minimum atomic E-state index is -0.662. The van der Waals surface area contributed by atoms with Crippen LogP contribution < -0.4 is 5.32 Å². The Kier molecular flexibility index (Phi) is 1.27. The fourth-order valence-electron chi connectivity index (χ4n) is 2.45. The van der Waals surface area contributed by atoms with Gasteiger partial charge in [-0.2, -0.15) is 0 Å². The van der Waals surface area contributed by atoms with Crippen LogP contribution in [0.4, 0.5) is 0 Å². The molecule has 62 valence electrons. The molecule has 3 atom stereocenters. The monoisotopic (exact) mass is 155 g/mol. The van der Waals surface area contributed by atoms with Gasteiger partial charge < -0.3 is 10.4 Å². The Morgan fingerprint density at radius 1 is 1.73 bits per heavy atom. The minimum absolute atomic E-state index is 0.421. The van der Waals surface area contributed by atoms with E-state index in [4.69, 9.17) is 5.11 Å².